The van der Waals surface area contributed by atoms with Crippen molar-refractivity contribution in [1.29, 1.82) is 0 Å². The topological polar surface area (TPSA) is 91.0 Å². The maximum atomic E-state index is 12.8. The number of aliphatic imine (C=N–C) groups is 2. The van der Waals surface area contributed by atoms with Gasteiger partial charge in [0.25, 0.3) is 0 Å². The smallest absolute Gasteiger partial charge is 0.196 e. The fourth-order valence-electron chi connectivity index (χ4n) is 3.50. The van der Waals surface area contributed by atoms with E-state index in [0.717, 1.165) is 11.4 Å². The molecular weight excluding hydrogens is 1180 g/mol. The Kier molecular flexibility index (Phi) is 18.4. The molecule has 54 heavy (non-hydrogen) atoms. The molecule has 0 unspecified atom stereocenters. The lowest BCUT2D eigenvalue weighted by molar-refractivity contribution is 0.423. The van der Waals surface area contributed by atoms with Crippen LogP contribution in [-0.4, -0.2) is 32.6 Å². The molecule has 0 aliphatic rings. The van der Waals surface area contributed by atoms with Crippen molar-refractivity contribution in [3.05, 3.63) is 170 Å². The van der Waals surface area contributed by atoms with E-state index < -0.39 is 60.8 Å². The molecule has 6 nitrogen and oxygen atoms in total. The standard InChI is InChI=1S/2C12H10N2O.2C6F4I2/c2*15-12-6-2-1-4-10(12)8-14-11-5-3-7-13-9-11;2*7-1-2(8)5(11)4(10)6(12)3(1)9/h2*1-9,15H;;. The average molecular weight is 1200 g/mol. The molecule has 0 spiro atoms. The Labute approximate surface area is 357 Å². The summed E-state index contributed by atoms with van der Waals surface area (Å²) >= 11 is 5.10. The van der Waals surface area contributed by atoms with E-state index in [0.29, 0.717) is 11.1 Å². The number of nitrogens with zero attached hydrogens (tertiary/aromatic N) is 4. The lowest BCUT2D eigenvalue weighted by Crippen LogP contribution is -2.02. The van der Waals surface area contributed by atoms with Crippen molar-refractivity contribution in [1.82, 2.24) is 9.97 Å². The largest absolute Gasteiger partial charge is 0.507 e. The first-order valence-electron chi connectivity index (χ1n) is 14.4. The predicted molar refractivity (Wildman–Crippen MR) is 223 cm³/mol. The Morgan fingerprint density at radius 2 is 0.741 bits per heavy atom. The summed E-state index contributed by atoms with van der Waals surface area (Å²) in [4.78, 5) is 16.3. The van der Waals surface area contributed by atoms with Crippen LogP contribution < -0.4 is 0 Å². The van der Waals surface area contributed by atoms with Gasteiger partial charge < -0.3 is 10.2 Å². The van der Waals surface area contributed by atoms with Crippen LogP contribution in [0.25, 0.3) is 0 Å². The minimum atomic E-state index is -1.63. The van der Waals surface area contributed by atoms with Gasteiger partial charge in [-0.1, -0.05) is 24.3 Å². The number of para-hydroxylation sites is 2. The number of aromatic nitrogens is 2. The molecule has 0 bridgehead atoms. The third-order valence-electron chi connectivity index (χ3n) is 6.18. The SMILES string of the molecule is Fc1c(F)c(I)c(F)c(I)c1F.Fc1c(F)c(I)c(F)c(I)c1F.Oc1ccccc1C=Nc1cccnc1.Oc1ccccc1C=Nc1cccnc1. The molecule has 18 heteroatoms. The normalized spacial score (nSPS) is 10.6. The highest BCUT2D eigenvalue weighted by Crippen LogP contribution is 2.27. The molecule has 0 saturated heterocycles. The molecule has 0 radical (unpaired) electrons. The Hall–Kier alpha value is -3.52. The maximum absolute atomic E-state index is 12.8. The molecule has 0 aliphatic heterocycles. The number of halogens is 12. The zero-order valence-corrected chi connectivity index (χ0v) is 35.2. The Bertz CT molecular complexity index is 1890. The molecule has 2 aromatic heterocycles. The quantitative estimate of drug-likeness (QED) is 0.0605. The van der Waals surface area contributed by atoms with Crippen LogP contribution in [0.15, 0.2) is 108 Å². The van der Waals surface area contributed by atoms with Gasteiger partial charge in [0.15, 0.2) is 46.5 Å². The number of phenols is 2. The molecule has 4 aromatic carbocycles. The minimum absolute atomic E-state index is 0.227. The van der Waals surface area contributed by atoms with Gasteiger partial charge in [-0.15, -0.1) is 0 Å². The van der Waals surface area contributed by atoms with Gasteiger partial charge in [-0.3, -0.25) is 20.0 Å². The Morgan fingerprint density at radius 3 is 1.02 bits per heavy atom. The van der Waals surface area contributed by atoms with Gasteiger partial charge in [-0.05, 0) is 139 Å². The van der Waals surface area contributed by atoms with Crippen molar-refractivity contribution in [2.24, 2.45) is 9.98 Å². The van der Waals surface area contributed by atoms with Crippen LogP contribution in [0.2, 0.25) is 0 Å². The summed E-state index contributed by atoms with van der Waals surface area (Å²) in [5, 5.41) is 19.0. The van der Waals surface area contributed by atoms with E-state index >= 15 is 0 Å². The number of pyridine rings is 2. The van der Waals surface area contributed by atoms with E-state index in [1.165, 1.54) is 90.4 Å². The van der Waals surface area contributed by atoms with E-state index in [1.54, 1.807) is 73.6 Å². The summed E-state index contributed by atoms with van der Waals surface area (Å²) in [6.45, 7) is 0. The van der Waals surface area contributed by atoms with Gasteiger partial charge in [-0.2, -0.15) is 0 Å². The third kappa shape index (κ3) is 12.8. The predicted octanol–water partition coefficient (Wildman–Crippen LogP) is 12.0. The first-order valence-corrected chi connectivity index (χ1v) is 18.7. The van der Waals surface area contributed by atoms with Crippen LogP contribution in [0.3, 0.4) is 0 Å². The van der Waals surface area contributed by atoms with Crippen LogP contribution in [0.1, 0.15) is 11.1 Å². The number of hydrogen-bond donors (Lipinski definition) is 2. The second-order valence-electron chi connectivity index (χ2n) is 9.82. The van der Waals surface area contributed by atoms with Gasteiger partial charge in [0, 0.05) is 35.9 Å². The summed E-state index contributed by atoms with van der Waals surface area (Å²) in [6.07, 6.45) is 9.95. The van der Waals surface area contributed by atoms with Crippen LogP contribution in [0, 0.1) is 60.8 Å². The van der Waals surface area contributed by atoms with Crippen molar-refractivity contribution >= 4 is 114 Å². The monoisotopic (exact) mass is 1200 g/mol. The van der Waals surface area contributed by atoms with Crippen molar-refractivity contribution in [3.63, 3.8) is 0 Å². The van der Waals surface area contributed by atoms with Crippen molar-refractivity contribution < 1.29 is 45.3 Å². The van der Waals surface area contributed by atoms with Gasteiger partial charge in [0.1, 0.15) is 11.5 Å². The lowest BCUT2D eigenvalue weighted by atomic mass is 10.2. The fourth-order valence-corrected chi connectivity index (χ4v) is 6.56. The van der Waals surface area contributed by atoms with Gasteiger partial charge in [-0.25, -0.2) is 35.1 Å². The van der Waals surface area contributed by atoms with Crippen LogP contribution in [-0.2, 0) is 0 Å². The lowest BCUT2D eigenvalue weighted by Gasteiger charge is -2.02. The maximum Gasteiger partial charge on any atom is 0.196 e. The second kappa shape index (κ2) is 22.1. The summed E-state index contributed by atoms with van der Waals surface area (Å²) in [7, 11) is 0. The molecule has 0 saturated carbocycles. The first kappa shape index (κ1) is 44.9. The highest BCUT2D eigenvalue weighted by atomic mass is 127. The highest BCUT2D eigenvalue weighted by Gasteiger charge is 2.23. The molecular formula is C36H20F8I4N4O2. The summed E-state index contributed by atoms with van der Waals surface area (Å²) in [6, 6.07) is 21.4. The third-order valence-corrected chi connectivity index (χ3v) is 9.97. The first-order chi connectivity index (χ1) is 25.6. The molecule has 2 N–H and O–H groups in total. The molecule has 280 valence electrons. The van der Waals surface area contributed by atoms with E-state index in [1.807, 2.05) is 36.4 Å². The van der Waals surface area contributed by atoms with Gasteiger partial charge >= 0.3 is 0 Å². The second-order valence-corrected chi connectivity index (χ2v) is 14.1. The van der Waals surface area contributed by atoms with E-state index in [2.05, 4.69) is 20.0 Å². The van der Waals surface area contributed by atoms with E-state index in [4.69, 9.17) is 0 Å². The van der Waals surface area contributed by atoms with Crippen molar-refractivity contribution in [3.8, 4) is 11.5 Å². The van der Waals surface area contributed by atoms with E-state index in [-0.39, 0.29) is 11.5 Å². The summed E-state index contributed by atoms with van der Waals surface area (Å²) in [5.41, 5.74) is 2.92. The average Bonchev–Trinajstić information content (AvgIpc) is 3.20. The molecule has 0 atom stereocenters. The zero-order valence-electron chi connectivity index (χ0n) is 26.6. The van der Waals surface area contributed by atoms with Crippen molar-refractivity contribution in [2.75, 3.05) is 0 Å². The van der Waals surface area contributed by atoms with Gasteiger partial charge in [0.05, 0.1) is 38.0 Å². The zero-order chi connectivity index (χ0) is 39.9. The molecule has 6 aromatic rings. The summed E-state index contributed by atoms with van der Waals surface area (Å²) < 4.78 is 98.7. The van der Waals surface area contributed by atoms with Crippen LogP contribution in [0.5, 0.6) is 11.5 Å². The number of benzene rings is 4. The molecule has 6 rings (SSSR count). The highest BCUT2D eigenvalue weighted by molar-refractivity contribution is 14.1. The molecule has 0 aliphatic carbocycles. The molecule has 0 fully saturated rings. The Balaban J connectivity index is 0.000000195. The molecule has 0 amide bonds. The summed E-state index contributed by atoms with van der Waals surface area (Å²) in [5.74, 6) is -10.9. The number of phenolic OH excluding ortho intramolecular Hbond substituents is 2. The fraction of sp³-hybridized carbons (Fsp3) is 0. The van der Waals surface area contributed by atoms with Crippen molar-refractivity contribution in [2.45, 2.75) is 0 Å². The minimum Gasteiger partial charge on any atom is -0.507 e. The number of hydrogen-bond acceptors (Lipinski definition) is 6. The van der Waals surface area contributed by atoms with Crippen LogP contribution in [0.4, 0.5) is 46.5 Å². The van der Waals surface area contributed by atoms with Gasteiger partial charge in [0.2, 0.25) is 0 Å². The number of aromatic hydroxyl groups is 2. The number of rotatable bonds is 4. The van der Waals surface area contributed by atoms with Crippen LogP contribution >= 0.6 is 90.4 Å². The molecule has 2 heterocycles. The van der Waals surface area contributed by atoms with E-state index in [9.17, 15) is 45.3 Å². The Morgan fingerprint density at radius 1 is 0.426 bits per heavy atom.